The van der Waals surface area contributed by atoms with Gasteiger partial charge in [0.15, 0.2) is 0 Å². The highest BCUT2D eigenvalue weighted by Gasteiger charge is 2.29. The molecule has 7 nitrogen and oxygen atoms in total. The Morgan fingerprint density at radius 1 is 1.16 bits per heavy atom. The number of nitrogens with one attached hydrogen (secondary N) is 1. The zero-order valence-electron chi connectivity index (χ0n) is 16.9. The van der Waals surface area contributed by atoms with Gasteiger partial charge in [0, 0.05) is 22.6 Å². The number of carbonyl (C=O) groups is 2. The van der Waals surface area contributed by atoms with E-state index in [9.17, 15) is 14.7 Å². The van der Waals surface area contributed by atoms with Crippen molar-refractivity contribution >= 4 is 40.8 Å². The minimum Gasteiger partial charge on any atom is -0.507 e. The molecule has 2 aromatic carbocycles. The highest BCUT2D eigenvalue weighted by atomic mass is 35.5. The van der Waals surface area contributed by atoms with E-state index >= 15 is 0 Å². The zero-order valence-corrected chi connectivity index (χ0v) is 18.5. The topological polar surface area (TPSA) is 101 Å². The molecule has 1 aromatic heterocycles. The predicted octanol–water partition coefficient (Wildman–Crippen LogP) is 5.29. The fourth-order valence-electron chi connectivity index (χ4n) is 3.52. The lowest BCUT2D eigenvalue weighted by Gasteiger charge is -2.13. The number of nitrogens with zero attached hydrogens (tertiary/aromatic N) is 1. The van der Waals surface area contributed by atoms with E-state index in [1.807, 2.05) is 0 Å². The SMILES string of the molecule is Cc1c(C(=O)Oc2ccc(Cl)cc2Cl)oc2c1/C(=N/NC(=O)c1ccccc1O)CCC2. The van der Waals surface area contributed by atoms with E-state index in [0.29, 0.717) is 40.5 Å². The van der Waals surface area contributed by atoms with Crippen LogP contribution >= 0.6 is 23.2 Å². The first-order valence-electron chi connectivity index (χ1n) is 9.80. The molecule has 2 N–H and O–H groups in total. The first kappa shape index (κ1) is 21.9. The summed E-state index contributed by atoms with van der Waals surface area (Å²) in [6.07, 6.45) is 1.95. The number of hydrazone groups is 1. The largest absolute Gasteiger partial charge is 0.507 e. The number of benzene rings is 2. The highest BCUT2D eigenvalue weighted by molar-refractivity contribution is 6.35. The van der Waals surface area contributed by atoms with Crippen molar-refractivity contribution in [2.45, 2.75) is 26.2 Å². The molecule has 0 bridgehead atoms. The first-order chi connectivity index (χ1) is 15.3. The van der Waals surface area contributed by atoms with Gasteiger partial charge in [0.1, 0.15) is 17.3 Å². The molecule has 164 valence electrons. The van der Waals surface area contributed by atoms with Crippen LogP contribution in [-0.2, 0) is 6.42 Å². The summed E-state index contributed by atoms with van der Waals surface area (Å²) in [5.74, 6) is -0.570. The summed E-state index contributed by atoms with van der Waals surface area (Å²) in [7, 11) is 0. The van der Waals surface area contributed by atoms with E-state index in [4.69, 9.17) is 32.4 Å². The molecule has 3 aromatic rings. The van der Waals surface area contributed by atoms with Crippen LogP contribution in [0.3, 0.4) is 0 Å². The average molecular weight is 473 g/mol. The molecule has 0 atom stereocenters. The van der Waals surface area contributed by atoms with Gasteiger partial charge in [0.2, 0.25) is 5.76 Å². The number of para-hydroxylation sites is 1. The van der Waals surface area contributed by atoms with Crippen molar-refractivity contribution in [3.63, 3.8) is 0 Å². The van der Waals surface area contributed by atoms with Gasteiger partial charge in [0.05, 0.1) is 16.3 Å². The second kappa shape index (κ2) is 9.06. The number of aromatic hydroxyl groups is 1. The van der Waals surface area contributed by atoms with Crippen LogP contribution in [0.5, 0.6) is 11.5 Å². The van der Waals surface area contributed by atoms with E-state index in [1.165, 1.54) is 24.3 Å². The Kier molecular flexibility index (Phi) is 6.21. The van der Waals surface area contributed by atoms with Crippen molar-refractivity contribution in [2.75, 3.05) is 0 Å². The third-order valence-electron chi connectivity index (χ3n) is 5.05. The van der Waals surface area contributed by atoms with Crippen molar-refractivity contribution in [1.29, 1.82) is 0 Å². The molecule has 0 saturated heterocycles. The molecule has 0 radical (unpaired) electrons. The number of hydrogen-bond donors (Lipinski definition) is 2. The maximum atomic E-state index is 12.7. The van der Waals surface area contributed by atoms with Gasteiger partial charge in [-0.1, -0.05) is 35.3 Å². The van der Waals surface area contributed by atoms with Crippen LogP contribution in [0, 0.1) is 6.92 Å². The van der Waals surface area contributed by atoms with E-state index in [1.54, 1.807) is 25.1 Å². The molecule has 0 aliphatic heterocycles. The van der Waals surface area contributed by atoms with Crippen LogP contribution in [0.1, 0.15) is 50.6 Å². The average Bonchev–Trinajstić information content (AvgIpc) is 3.11. The second-order valence-corrected chi connectivity index (χ2v) is 8.03. The molecule has 0 fully saturated rings. The standard InChI is InChI=1S/C23H18Cl2N2O5/c1-12-20-16(26-27-22(29)14-5-2-3-7-17(14)28)6-4-8-19(20)31-21(12)23(30)32-18-10-9-13(24)11-15(18)25/h2-3,5,7,9-11,28H,4,6,8H2,1H3,(H,27,29)/b26-16+. The van der Waals surface area contributed by atoms with Crippen LogP contribution < -0.4 is 10.2 Å². The summed E-state index contributed by atoms with van der Waals surface area (Å²) in [6, 6.07) is 10.7. The lowest BCUT2D eigenvalue weighted by Crippen LogP contribution is -2.22. The van der Waals surface area contributed by atoms with E-state index in [-0.39, 0.29) is 27.8 Å². The molecule has 32 heavy (non-hydrogen) atoms. The number of fused-ring (bicyclic) bond motifs is 1. The number of amides is 1. The number of carbonyl (C=O) groups excluding carboxylic acids is 2. The Labute approximate surface area is 193 Å². The Bertz CT molecular complexity index is 1250. The summed E-state index contributed by atoms with van der Waals surface area (Å²) >= 11 is 12.0. The van der Waals surface area contributed by atoms with Crippen molar-refractivity contribution in [3.05, 3.63) is 80.7 Å². The summed E-state index contributed by atoms with van der Waals surface area (Å²) in [4.78, 5) is 25.1. The van der Waals surface area contributed by atoms with Gasteiger partial charge >= 0.3 is 5.97 Å². The fourth-order valence-corrected chi connectivity index (χ4v) is 3.97. The molecule has 0 spiro atoms. The van der Waals surface area contributed by atoms with Crippen LogP contribution in [0.25, 0.3) is 0 Å². The fraction of sp³-hybridized carbons (Fsp3) is 0.174. The number of esters is 1. The van der Waals surface area contributed by atoms with E-state index in [2.05, 4.69) is 10.5 Å². The van der Waals surface area contributed by atoms with Gasteiger partial charge in [-0.05, 0) is 50.1 Å². The summed E-state index contributed by atoms with van der Waals surface area (Å²) in [6.45, 7) is 1.73. The van der Waals surface area contributed by atoms with Gasteiger partial charge < -0.3 is 14.3 Å². The molecular formula is C23H18Cl2N2O5. The first-order valence-corrected chi connectivity index (χ1v) is 10.6. The molecular weight excluding hydrogens is 455 g/mol. The Hall–Kier alpha value is -3.29. The van der Waals surface area contributed by atoms with Crippen LogP contribution in [0.2, 0.25) is 10.0 Å². The predicted molar refractivity (Wildman–Crippen MR) is 120 cm³/mol. The van der Waals surface area contributed by atoms with Gasteiger partial charge in [-0.3, -0.25) is 4.79 Å². The Balaban J connectivity index is 1.58. The Morgan fingerprint density at radius 2 is 1.94 bits per heavy atom. The number of rotatable bonds is 4. The van der Waals surface area contributed by atoms with Crippen LogP contribution in [0.15, 0.2) is 52.0 Å². The van der Waals surface area contributed by atoms with Crippen molar-refractivity contribution in [2.24, 2.45) is 5.10 Å². The molecule has 0 saturated carbocycles. The number of halogens is 2. The van der Waals surface area contributed by atoms with E-state index < -0.39 is 11.9 Å². The number of hydrogen-bond acceptors (Lipinski definition) is 6. The van der Waals surface area contributed by atoms with Crippen molar-refractivity contribution in [3.8, 4) is 11.5 Å². The molecule has 1 heterocycles. The molecule has 9 heteroatoms. The normalized spacial score (nSPS) is 14.2. The van der Waals surface area contributed by atoms with Gasteiger partial charge in [-0.15, -0.1) is 0 Å². The zero-order chi connectivity index (χ0) is 22.8. The van der Waals surface area contributed by atoms with Crippen molar-refractivity contribution in [1.82, 2.24) is 5.43 Å². The number of furan rings is 1. The van der Waals surface area contributed by atoms with Gasteiger partial charge in [-0.25, -0.2) is 10.2 Å². The lowest BCUT2D eigenvalue weighted by atomic mass is 9.93. The molecule has 1 aliphatic carbocycles. The summed E-state index contributed by atoms with van der Waals surface area (Å²) in [5.41, 5.74) is 4.40. The monoisotopic (exact) mass is 472 g/mol. The quantitative estimate of drug-likeness (QED) is 0.305. The molecule has 1 amide bonds. The number of ether oxygens (including phenoxy) is 1. The molecule has 1 aliphatic rings. The summed E-state index contributed by atoms with van der Waals surface area (Å²) < 4.78 is 11.2. The van der Waals surface area contributed by atoms with Gasteiger partial charge in [-0.2, -0.15) is 5.10 Å². The van der Waals surface area contributed by atoms with Crippen molar-refractivity contribution < 1.29 is 23.8 Å². The molecule has 4 rings (SSSR count). The Morgan fingerprint density at radius 3 is 2.69 bits per heavy atom. The number of phenols is 1. The molecule has 0 unspecified atom stereocenters. The number of phenolic OH excluding ortho intramolecular Hbond substituents is 1. The highest BCUT2D eigenvalue weighted by Crippen LogP contribution is 2.32. The second-order valence-electron chi connectivity index (χ2n) is 7.19. The van der Waals surface area contributed by atoms with Crippen LogP contribution in [-0.4, -0.2) is 22.7 Å². The lowest BCUT2D eigenvalue weighted by molar-refractivity contribution is 0.0698. The minimum atomic E-state index is -0.696. The summed E-state index contributed by atoms with van der Waals surface area (Å²) in [5, 5.41) is 14.7. The van der Waals surface area contributed by atoms with Crippen LogP contribution in [0.4, 0.5) is 0 Å². The van der Waals surface area contributed by atoms with Gasteiger partial charge in [0.25, 0.3) is 5.91 Å². The maximum absolute atomic E-state index is 12.7. The minimum absolute atomic E-state index is 0.0441. The maximum Gasteiger partial charge on any atom is 0.379 e. The third-order valence-corrected chi connectivity index (χ3v) is 5.58. The van der Waals surface area contributed by atoms with E-state index in [0.717, 1.165) is 6.42 Å². The third kappa shape index (κ3) is 4.35. The number of aryl methyl sites for hydroxylation is 1. The smallest absolute Gasteiger partial charge is 0.379 e.